The summed E-state index contributed by atoms with van der Waals surface area (Å²) in [6, 6.07) is 3.69. The molecule has 1 heterocycles. The standard InChI is InChI=1S/C10H14N4O/c1-3-6-14(12-2)10-5-4-9(7-13-10)8-15-11/h3-7H,2,8,11H2,1H3/b6-3-. The first-order valence-electron chi connectivity index (χ1n) is 4.47. The molecule has 0 spiro atoms. The molecule has 15 heavy (non-hydrogen) atoms. The fourth-order valence-corrected chi connectivity index (χ4v) is 1.07. The van der Waals surface area contributed by atoms with Crippen LogP contribution >= 0.6 is 0 Å². The first-order chi connectivity index (χ1) is 7.31. The summed E-state index contributed by atoms with van der Waals surface area (Å²) in [6.45, 7) is 5.70. The SMILES string of the molecule is C=NN(/C=C\C)c1ccc(CON)cn1. The maximum Gasteiger partial charge on any atom is 0.153 e. The number of hydrazone groups is 1. The van der Waals surface area contributed by atoms with Gasteiger partial charge in [0.25, 0.3) is 0 Å². The van der Waals surface area contributed by atoms with Crippen molar-refractivity contribution in [1.29, 1.82) is 0 Å². The van der Waals surface area contributed by atoms with Crippen molar-refractivity contribution in [2.45, 2.75) is 13.5 Å². The molecule has 0 saturated carbocycles. The second kappa shape index (κ2) is 5.90. The summed E-state index contributed by atoms with van der Waals surface area (Å²) in [6.07, 6.45) is 5.31. The minimum absolute atomic E-state index is 0.346. The van der Waals surface area contributed by atoms with Gasteiger partial charge in [-0.05, 0) is 18.6 Å². The topological polar surface area (TPSA) is 63.7 Å². The van der Waals surface area contributed by atoms with E-state index in [4.69, 9.17) is 5.90 Å². The Labute approximate surface area is 88.8 Å². The molecule has 0 aliphatic carbocycles. The molecule has 5 heteroatoms. The van der Waals surface area contributed by atoms with Gasteiger partial charge in [-0.1, -0.05) is 12.1 Å². The van der Waals surface area contributed by atoms with Crippen LogP contribution in [0.25, 0.3) is 0 Å². The smallest absolute Gasteiger partial charge is 0.153 e. The summed E-state index contributed by atoms with van der Waals surface area (Å²) in [4.78, 5) is 8.69. The molecule has 0 amide bonds. The van der Waals surface area contributed by atoms with E-state index in [-0.39, 0.29) is 0 Å². The summed E-state index contributed by atoms with van der Waals surface area (Å²) in [7, 11) is 0. The molecule has 0 saturated heterocycles. The van der Waals surface area contributed by atoms with Gasteiger partial charge in [0.2, 0.25) is 0 Å². The third-order valence-electron chi connectivity index (χ3n) is 1.74. The van der Waals surface area contributed by atoms with Crippen LogP contribution in [0.5, 0.6) is 0 Å². The van der Waals surface area contributed by atoms with Crippen molar-refractivity contribution in [3.05, 3.63) is 36.2 Å². The van der Waals surface area contributed by atoms with Crippen LogP contribution in [0.15, 0.2) is 35.7 Å². The van der Waals surface area contributed by atoms with Crippen molar-refractivity contribution in [2.24, 2.45) is 11.0 Å². The fraction of sp³-hybridized carbons (Fsp3) is 0.200. The van der Waals surface area contributed by atoms with E-state index in [2.05, 4.69) is 21.6 Å². The second-order valence-electron chi connectivity index (χ2n) is 2.80. The number of nitrogens with zero attached hydrogens (tertiary/aromatic N) is 3. The number of pyridine rings is 1. The lowest BCUT2D eigenvalue weighted by molar-refractivity contribution is 0.124. The van der Waals surface area contributed by atoms with Gasteiger partial charge in [-0.3, -0.25) is 4.84 Å². The predicted molar refractivity (Wildman–Crippen MR) is 60.1 cm³/mol. The average Bonchev–Trinajstić information content (AvgIpc) is 2.28. The highest BCUT2D eigenvalue weighted by Crippen LogP contribution is 2.12. The lowest BCUT2D eigenvalue weighted by Crippen LogP contribution is -2.08. The molecule has 0 atom stereocenters. The van der Waals surface area contributed by atoms with Crippen LogP contribution in [0.4, 0.5) is 5.82 Å². The predicted octanol–water partition coefficient (Wildman–Crippen LogP) is 1.43. The molecule has 0 radical (unpaired) electrons. The molecule has 1 aromatic heterocycles. The zero-order valence-corrected chi connectivity index (χ0v) is 8.63. The van der Waals surface area contributed by atoms with Gasteiger partial charge < -0.3 is 0 Å². The van der Waals surface area contributed by atoms with Crippen LogP contribution in [0, 0.1) is 0 Å². The van der Waals surface area contributed by atoms with Gasteiger partial charge in [0.1, 0.15) is 0 Å². The largest absolute Gasteiger partial charge is 0.300 e. The maximum absolute atomic E-state index is 4.95. The highest BCUT2D eigenvalue weighted by molar-refractivity contribution is 5.44. The van der Waals surface area contributed by atoms with Crippen molar-refractivity contribution in [3.8, 4) is 0 Å². The minimum atomic E-state index is 0.346. The van der Waals surface area contributed by atoms with Crippen molar-refractivity contribution < 1.29 is 4.84 Å². The Morgan fingerprint density at radius 3 is 2.93 bits per heavy atom. The van der Waals surface area contributed by atoms with Crippen molar-refractivity contribution in [1.82, 2.24) is 4.98 Å². The van der Waals surface area contributed by atoms with Crippen LogP contribution in [0.2, 0.25) is 0 Å². The zero-order chi connectivity index (χ0) is 11.1. The van der Waals surface area contributed by atoms with Gasteiger partial charge >= 0.3 is 0 Å². The summed E-state index contributed by atoms with van der Waals surface area (Å²) in [5, 5.41) is 5.38. The van der Waals surface area contributed by atoms with Crippen LogP contribution in [0.3, 0.4) is 0 Å². The molecule has 1 aromatic rings. The summed E-state index contributed by atoms with van der Waals surface area (Å²) in [5.41, 5.74) is 0.908. The third-order valence-corrected chi connectivity index (χ3v) is 1.74. The first-order valence-corrected chi connectivity index (χ1v) is 4.47. The van der Waals surface area contributed by atoms with Crippen molar-refractivity contribution in [3.63, 3.8) is 0 Å². The molecular weight excluding hydrogens is 192 g/mol. The molecule has 0 aliphatic heterocycles. The second-order valence-corrected chi connectivity index (χ2v) is 2.80. The van der Waals surface area contributed by atoms with Gasteiger partial charge in [0, 0.05) is 19.1 Å². The first kappa shape index (κ1) is 11.4. The quantitative estimate of drug-likeness (QED) is 0.584. The van der Waals surface area contributed by atoms with Crippen LogP contribution in [-0.4, -0.2) is 11.7 Å². The summed E-state index contributed by atoms with van der Waals surface area (Å²) >= 11 is 0. The molecule has 0 unspecified atom stereocenters. The van der Waals surface area contributed by atoms with E-state index < -0.39 is 0 Å². The number of hydrogen-bond acceptors (Lipinski definition) is 5. The van der Waals surface area contributed by atoms with E-state index in [0.717, 1.165) is 5.56 Å². The molecule has 0 fully saturated rings. The van der Waals surface area contributed by atoms with E-state index >= 15 is 0 Å². The lowest BCUT2D eigenvalue weighted by Gasteiger charge is -2.11. The third kappa shape index (κ3) is 3.16. The minimum Gasteiger partial charge on any atom is -0.300 e. The molecule has 1 rings (SSSR count). The van der Waals surface area contributed by atoms with Gasteiger partial charge in [-0.25, -0.2) is 15.9 Å². The number of anilines is 1. The Morgan fingerprint density at radius 1 is 1.67 bits per heavy atom. The molecular formula is C10H14N4O. The fourth-order valence-electron chi connectivity index (χ4n) is 1.07. The summed E-state index contributed by atoms with van der Waals surface area (Å²) in [5.74, 6) is 5.65. The van der Waals surface area contributed by atoms with Crippen molar-refractivity contribution in [2.75, 3.05) is 5.01 Å². The van der Waals surface area contributed by atoms with E-state index in [1.54, 1.807) is 17.4 Å². The lowest BCUT2D eigenvalue weighted by atomic mass is 10.3. The van der Waals surface area contributed by atoms with E-state index in [9.17, 15) is 0 Å². The Morgan fingerprint density at radius 2 is 2.47 bits per heavy atom. The number of hydrogen-bond donors (Lipinski definition) is 1. The monoisotopic (exact) mass is 206 g/mol. The maximum atomic E-state index is 4.95. The van der Waals surface area contributed by atoms with Crippen molar-refractivity contribution >= 4 is 12.5 Å². The number of nitrogens with two attached hydrogens (primary N) is 1. The van der Waals surface area contributed by atoms with Gasteiger partial charge in [0.15, 0.2) is 5.82 Å². The Kier molecular flexibility index (Phi) is 4.46. The highest BCUT2D eigenvalue weighted by atomic mass is 16.6. The van der Waals surface area contributed by atoms with E-state index in [1.807, 2.05) is 25.1 Å². The highest BCUT2D eigenvalue weighted by Gasteiger charge is 2.01. The normalized spacial score (nSPS) is 10.5. The van der Waals surface area contributed by atoms with Gasteiger partial charge in [0.05, 0.1) is 6.61 Å². The Hall–Kier alpha value is -1.72. The van der Waals surface area contributed by atoms with Gasteiger partial charge in [-0.15, -0.1) is 0 Å². The van der Waals surface area contributed by atoms with Gasteiger partial charge in [-0.2, -0.15) is 5.10 Å². The number of aromatic nitrogens is 1. The van der Waals surface area contributed by atoms with E-state index in [0.29, 0.717) is 12.4 Å². The Bertz CT molecular complexity index is 334. The molecule has 0 aliphatic rings. The molecule has 5 nitrogen and oxygen atoms in total. The van der Waals surface area contributed by atoms with E-state index in [1.165, 1.54) is 0 Å². The average molecular weight is 206 g/mol. The van der Waals surface area contributed by atoms with Crippen LogP contribution < -0.4 is 10.9 Å². The molecule has 2 N–H and O–H groups in total. The Balaban J connectivity index is 2.81. The van der Waals surface area contributed by atoms with Crippen LogP contribution in [-0.2, 0) is 11.4 Å². The molecule has 0 aromatic carbocycles. The number of allylic oxidation sites excluding steroid dienone is 1. The molecule has 80 valence electrons. The number of rotatable bonds is 5. The molecule has 0 bridgehead atoms. The zero-order valence-electron chi connectivity index (χ0n) is 8.63. The van der Waals surface area contributed by atoms with Crippen LogP contribution in [0.1, 0.15) is 12.5 Å². The summed E-state index contributed by atoms with van der Waals surface area (Å²) < 4.78 is 0.